The highest BCUT2D eigenvalue weighted by atomic mass is 16.5. The summed E-state index contributed by atoms with van der Waals surface area (Å²) in [5.74, 6) is -0.627. The molecule has 0 spiro atoms. The van der Waals surface area contributed by atoms with Crippen LogP contribution in [0.1, 0.15) is 32.6 Å². The van der Waals surface area contributed by atoms with E-state index in [0.717, 1.165) is 19.3 Å². The van der Waals surface area contributed by atoms with Crippen molar-refractivity contribution in [3.63, 3.8) is 0 Å². The molecule has 182 valence electrons. The molecule has 2 aliphatic heterocycles. The van der Waals surface area contributed by atoms with Crippen molar-refractivity contribution in [2.45, 2.75) is 32.6 Å². The molecule has 3 fully saturated rings. The Morgan fingerprint density at radius 1 is 0.914 bits per heavy atom. The summed E-state index contributed by atoms with van der Waals surface area (Å²) >= 11 is 0. The normalized spacial score (nSPS) is 26.2. The summed E-state index contributed by atoms with van der Waals surface area (Å²) < 4.78 is 10.7. The number of nitrogens with zero attached hydrogens (tertiary/aromatic N) is 2. The fourth-order valence-corrected chi connectivity index (χ4v) is 5.40. The highest BCUT2D eigenvalue weighted by molar-refractivity contribution is 6.22. The first-order valence-electron chi connectivity index (χ1n) is 12.0. The van der Waals surface area contributed by atoms with Gasteiger partial charge in [-0.3, -0.25) is 24.1 Å². The summed E-state index contributed by atoms with van der Waals surface area (Å²) in [4.78, 5) is 53.9. The van der Waals surface area contributed by atoms with Gasteiger partial charge in [0.15, 0.2) is 0 Å². The van der Waals surface area contributed by atoms with Gasteiger partial charge in [-0.15, -0.1) is 0 Å². The number of rotatable bonds is 5. The van der Waals surface area contributed by atoms with E-state index in [2.05, 4.69) is 6.92 Å². The van der Waals surface area contributed by atoms with Crippen molar-refractivity contribution in [3.05, 3.63) is 48.5 Å². The topological polar surface area (TPSA) is 93.2 Å². The molecule has 2 heterocycles. The maximum atomic E-state index is 12.9. The van der Waals surface area contributed by atoms with Gasteiger partial charge in [0.05, 0.1) is 30.6 Å². The molecule has 2 aromatic carbocycles. The van der Waals surface area contributed by atoms with Crippen LogP contribution in [0, 0.1) is 23.7 Å². The molecule has 1 saturated carbocycles. The fourth-order valence-electron chi connectivity index (χ4n) is 5.40. The predicted octanol–water partition coefficient (Wildman–Crippen LogP) is 3.58. The maximum Gasteiger partial charge on any atom is 0.316 e. The van der Waals surface area contributed by atoms with Crippen LogP contribution >= 0.6 is 0 Å². The lowest BCUT2D eigenvalue weighted by molar-refractivity contribution is -0.139. The molecular formula is C27H28N2O6. The number of fused-ring (bicyclic) bond motifs is 1. The molecule has 0 unspecified atom stereocenters. The Balaban J connectivity index is 1.24. The molecule has 2 aromatic rings. The van der Waals surface area contributed by atoms with E-state index in [1.807, 2.05) is 0 Å². The van der Waals surface area contributed by atoms with Gasteiger partial charge < -0.3 is 14.4 Å². The molecule has 3 aliphatic rings. The average Bonchev–Trinajstić information content (AvgIpc) is 3.37. The molecule has 8 heteroatoms. The number of hydrogen-bond donors (Lipinski definition) is 0. The van der Waals surface area contributed by atoms with Gasteiger partial charge in [-0.2, -0.15) is 0 Å². The second kappa shape index (κ2) is 9.17. The zero-order chi connectivity index (χ0) is 24.7. The predicted molar refractivity (Wildman–Crippen MR) is 128 cm³/mol. The van der Waals surface area contributed by atoms with E-state index in [1.165, 1.54) is 4.90 Å². The molecule has 0 bridgehead atoms. The number of esters is 1. The second-order valence-electron chi connectivity index (χ2n) is 9.66. The fraction of sp³-hybridized carbons (Fsp3) is 0.407. The van der Waals surface area contributed by atoms with Crippen LogP contribution in [0.3, 0.4) is 0 Å². The van der Waals surface area contributed by atoms with E-state index in [9.17, 15) is 19.2 Å². The third-order valence-electron chi connectivity index (χ3n) is 7.32. The first kappa shape index (κ1) is 23.1. The van der Waals surface area contributed by atoms with Crippen molar-refractivity contribution in [1.82, 2.24) is 0 Å². The van der Waals surface area contributed by atoms with Crippen molar-refractivity contribution in [2.24, 2.45) is 23.7 Å². The highest BCUT2D eigenvalue weighted by Gasteiger charge is 2.50. The quantitative estimate of drug-likeness (QED) is 0.372. The molecule has 0 N–H and O–H groups in total. The number of carbonyl (C=O) groups is 4. The van der Waals surface area contributed by atoms with Gasteiger partial charge in [0.2, 0.25) is 17.7 Å². The van der Waals surface area contributed by atoms with Crippen LogP contribution in [0.2, 0.25) is 0 Å². The van der Waals surface area contributed by atoms with Crippen LogP contribution in [0.4, 0.5) is 11.4 Å². The number of methoxy groups -OCH3 is 1. The van der Waals surface area contributed by atoms with Crippen LogP contribution in [0.5, 0.6) is 11.5 Å². The van der Waals surface area contributed by atoms with Gasteiger partial charge in [-0.1, -0.05) is 13.0 Å². The number of ether oxygens (including phenoxy) is 2. The van der Waals surface area contributed by atoms with Crippen LogP contribution in [-0.4, -0.2) is 37.3 Å². The smallest absolute Gasteiger partial charge is 0.316 e. The van der Waals surface area contributed by atoms with Crippen molar-refractivity contribution < 1.29 is 28.7 Å². The SMILES string of the molecule is COc1cccc(N2C[C@H](C(=O)Oc3ccc(N4C(=O)[C@H]5C[C@@H](C)CC[C@H]5C4=O)cc3)CC2=O)c1. The molecule has 0 radical (unpaired) electrons. The van der Waals surface area contributed by atoms with Gasteiger partial charge in [0.25, 0.3) is 0 Å². The van der Waals surface area contributed by atoms with Gasteiger partial charge >= 0.3 is 5.97 Å². The zero-order valence-electron chi connectivity index (χ0n) is 19.8. The molecule has 35 heavy (non-hydrogen) atoms. The molecule has 5 rings (SSSR count). The third-order valence-corrected chi connectivity index (χ3v) is 7.32. The van der Waals surface area contributed by atoms with E-state index >= 15 is 0 Å². The Morgan fingerprint density at radius 2 is 1.66 bits per heavy atom. The summed E-state index contributed by atoms with van der Waals surface area (Å²) in [6.45, 7) is 2.34. The molecule has 2 saturated heterocycles. The largest absolute Gasteiger partial charge is 0.497 e. The molecule has 0 aromatic heterocycles. The number of hydrogen-bond acceptors (Lipinski definition) is 6. The van der Waals surface area contributed by atoms with E-state index in [0.29, 0.717) is 28.8 Å². The standard InChI is InChI=1S/C27H28N2O6/c1-16-6-11-22-23(12-16)26(32)29(25(22)31)18-7-9-20(10-8-18)35-27(33)17-13-24(30)28(15-17)19-4-3-5-21(14-19)34-2/h3-5,7-10,14,16-17,22-23H,6,11-13,15H2,1-2H3/t16-,17+,22+,23-/m0/s1. The van der Waals surface area contributed by atoms with E-state index in [1.54, 1.807) is 60.5 Å². The first-order chi connectivity index (χ1) is 16.9. The van der Waals surface area contributed by atoms with E-state index < -0.39 is 11.9 Å². The Kier molecular flexibility index (Phi) is 6.05. The van der Waals surface area contributed by atoms with Crippen molar-refractivity contribution in [3.8, 4) is 11.5 Å². The summed E-state index contributed by atoms with van der Waals surface area (Å²) in [5.41, 5.74) is 1.16. The van der Waals surface area contributed by atoms with E-state index in [-0.39, 0.29) is 42.5 Å². The number of anilines is 2. The zero-order valence-corrected chi connectivity index (χ0v) is 19.8. The number of benzene rings is 2. The van der Waals surface area contributed by atoms with Crippen LogP contribution in [0.25, 0.3) is 0 Å². The molecule has 1 aliphatic carbocycles. The van der Waals surface area contributed by atoms with Crippen LogP contribution in [-0.2, 0) is 19.2 Å². The Morgan fingerprint density at radius 3 is 2.40 bits per heavy atom. The minimum atomic E-state index is -0.597. The maximum absolute atomic E-state index is 12.9. The highest BCUT2D eigenvalue weighted by Crippen LogP contribution is 2.42. The van der Waals surface area contributed by atoms with Crippen LogP contribution in [0.15, 0.2) is 48.5 Å². The minimum absolute atomic E-state index is 0.0616. The first-order valence-corrected chi connectivity index (χ1v) is 12.0. The third kappa shape index (κ3) is 4.29. The lowest BCUT2D eigenvalue weighted by Gasteiger charge is -2.25. The Bertz CT molecular complexity index is 1180. The van der Waals surface area contributed by atoms with Gasteiger partial charge in [0, 0.05) is 24.7 Å². The monoisotopic (exact) mass is 476 g/mol. The van der Waals surface area contributed by atoms with Crippen LogP contribution < -0.4 is 19.3 Å². The van der Waals surface area contributed by atoms with Gasteiger partial charge in [0.1, 0.15) is 11.5 Å². The molecule has 3 amide bonds. The summed E-state index contributed by atoms with van der Waals surface area (Å²) in [5, 5.41) is 0. The second-order valence-corrected chi connectivity index (χ2v) is 9.66. The summed E-state index contributed by atoms with van der Waals surface area (Å²) in [7, 11) is 1.55. The number of amides is 3. The van der Waals surface area contributed by atoms with Gasteiger partial charge in [-0.25, -0.2) is 0 Å². The van der Waals surface area contributed by atoms with Crippen molar-refractivity contribution in [1.29, 1.82) is 0 Å². The Hall–Kier alpha value is -3.68. The molecule has 8 nitrogen and oxygen atoms in total. The van der Waals surface area contributed by atoms with E-state index in [4.69, 9.17) is 9.47 Å². The lowest BCUT2D eigenvalue weighted by atomic mass is 9.76. The molecular weight excluding hydrogens is 448 g/mol. The van der Waals surface area contributed by atoms with Gasteiger partial charge in [-0.05, 0) is 61.6 Å². The van der Waals surface area contributed by atoms with Crippen molar-refractivity contribution in [2.75, 3.05) is 23.5 Å². The Labute approximate surface area is 203 Å². The lowest BCUT2D eigenvalue weighted by Crippen LogP contribution is -2.30. The minimum Gasteiger partial charge on any atom is -0.497 e. The number of carbonyl (C=O) groups excluding carboxylic acids is 4. The van der Waals surface area contributed by atoms with Crippen molar-refractivity contribution >= 4 is 35.1 Å². The summed E-state index contributed by atoms with van der Waals surface area (Å²) in [6.07, 6.45) is 2.51. The molecule has 4 atom stereocenters. The number of imide groups is 1. The average molecular weight is 477 g/mol. The summed E-state index contributed by atoms with van der Waals surface area (Å²) in [6, 6.07) is 13.5.